The first-order valence-corrected chi connectivity index (χ1v) is 5.62. The van der Waals surface area contributed by atoms with Crippen LogP contribution in [0.3, 0.4) is 0 Å². The van der Waals surface area contributed by atoms with Gasteiger partial charge in [-0.25, -0.2) is 0 Å². The normalized spacial score (nSPS) is 10.4. The SMILES string of the molecule is O=C(C/N=N/c1ccccc1)Nc1ccccc1. The predicted molar refractivity (Wildman–Crippen MR) is 70.9 cm³/mol. The lowest BCUT2D eigenvalue weighted by molar-refractivity contribution is -0.114. The van der Waals surface area contributed by atoms with Crippen molar-refractivity contribution in [3.05, 3.63) is 60.7 Å². The zero-order valence-electron chi connectivity index (χ0n) is 9.78. The number of benzene rings is 2. The number of hydrogen-bond donors (Lipinski definition) is 1. The van der Waals surface area contributed by atoms with E-state index >= 15 is 0 Å². The molecule has 4 heteroatoms. The van der Waals surface area contributed by atoms with E-state index < -0.39 is 0 Å². The molecule has 2 aromatic carbocycles. The van der Waals surface area contributed by atoms with Gasteiger partial charge in [-0.3, -0.25) is 4.79 Å². The molecular weight excluding hydrogens is 226 g/mol. The Morgan fingerprint density at radius 2 is 1.56 bits per heavy atom. The molecule has 0 heterocycles. The van der Waals surface area contributed by atoms with Crippen molar-refractivity contribution in [3.8, 4) is 0 Å². The Labute approximate surface area is 105 Å². The Bertz CT molecular complexity index is 523. The number of hydrogen-bond acceptors (Lipinski definition) is 3. The Hall–Kier alpha value is -2.49. The first-order valence-electron chi connectivity index (χ1n) is 5.62. The molecule has 0 fully saturated rings. The smallest absolute Gasteiger partial charge is 0.247 e. The van der Waals surface area contributed by atoms with Crippen LogP contribution in [0.25, 0.3) is 0 Å². The molecule has 1 amide bonds. The van der Waals surface area contributed by atoms with Gasteiger partial charge in [0.15, 0.2) is 0 Å². The van der Waals surface area contributed by atoms with Crippen molar-refractivity contribution in [2.45, 2.75) is 0 Å². The van der Waals surface area contributed by atoms with Crippen LogP contribution in [-0.2, 0) is 4.79 Å². The van der Waals surface area contributed by atoms with Crippen molar-refractivity contribution in [3.63, 3.8) is 0 Å². The highest BCUT2D eigenvalue weighted by molar-refractivity contribution is 5.92. The molecule has 0 bridgehead atoms. The van der Waals surface area contributed by atoms with Crippen molar-refractivity contribution < 1.29 is 4.79 Å². The molecule has 0 aliphatic carbocycles. The van der Waals surface area contributed by atoms with E-state index in [0.717, 1.165) is 11.4 Å². The van der Waals surface area contributed by atoms with E-state index in [2.05, 4.69) is 15.5 Å². The van der Waals surface area contributed by atoms with E-state index in [-0.39, 0.29) is 12.5 Å². The summed E-state index contributed by atoms with van der Waals surface area (Å²) in [5, 5.41) is 10.5. The van der Waals surface area contributed by atoms with E-state index in [1.807, 2.05) is 60.7 Å². The van der Waals surface area contributed by atoms with Crippen molar-refractivity contribution >= 4 is 17.3 Å². The molecule has 0 aliphatic rings. The summed E-state index contributed by atoms with van der Waals surface area (Å²) in [4.78, 5) is 11.5. The van der Waals surface area contributed by atoms with Gasteiger partial charge in [-0.15, -0.1) is 0 Å². The number of carbonyl (C=O) groups is 1. The first-order chi connectivity index (χ1) is 8.84. The van der Waals surface area contributed by atoms with Crippen LogP contribution < -0.4 is 5.32 Å². The molecule has 0 aromatic heterocycles. The number of para-hydroxylation sites is 1. The summed E-state index contributed by atoms with van der Waals surface area (Å²) in [5.41, 5.74) is 1.50. The Morgan fingerprint density at radius 3 is 2.22 bits per heavy atom. The van der Waals surface area contributed by atoms with Gasteiger partial charge in [-0.2, -0.15) is 10.2 Å². The zero-order valence-corrected chi connectivity index (χ0v) is 9.78. The van der Waals surface area contributed by atoms with Gasteiger partial charge in [0.05, 0.1) is 5.69 Å². The maximum absolute atomic E-state index is 11.5. The van der Waals surface area contributed by atoms with E-state index in [9.17, 15) is 4.79 Å². The summed E-state index contributed by atoms with van der Waals surface area (Å²) < 4.78 is 0. The summed E-state index contributed by atoms with van der Waals surface area (Å²) in [6.45, 7) is 0.0176. The van der Waals surface area contributed by atoms with Crippen LogP contribution in [-0.4, -0.2) is 12.5 Å². The standard InChI is InChI=1S/C14H13N3O/c18-14(16-12-7-3-1-4-8-12)11-15-17-13-9-5-2-6-10-13/h1-10H,11H2,(H,16,18)/b17-15+. The second-order valence-electron chi connectivity index (χ2n) is 3.65. The average molecular weight is 239 g/mol. The third kappa shape index (κ3) is 3.83. The molecule has 0 saturated heterocycles. The van der Waals surface area contributed by atoms with Crippen molar-refractivity contribution in [2.75, 3.05) is 11.9 Å². The highest BCUT2D eigenvalue weighted by atomic mass is 16.1. The molecule has 90 valence electrons. The van der Waals surface area contributed by atoms with Crippen molar-refractivity contribution in [1.82, 2.24) is 0 Å². The third-order valence-corrected chi connectivity index (χ3v) is 2.21. The first kappa shape index (κ1) is 12.0. The Morgan fingerprint density at radius 1 is 0.944 bits per heavy atom. The van der Waals surface area contributed by atoms with E-state index in [4.69, 9.17) is 0 Å². The van der Waals surface area contributed by atoms with Gasteiger partial charge in [0.2, 0.25) is 5.91 Å². The fourth-order valence-electron chi connectivity index (χ4n) is 1.40. The van der Waals surface area contributed by atoms with E-state index in [0.29, 0.717) is 0 Å². The highest BCUT2D eigenvalue weighted by Gasteiger charge is 1.99. The number of nitrogens with zero attached hydrogens (tertiary/aromatic N) is 2. The van der Waals surface area contributed by atoms with Gasteiger partial charge in [0.1, 0.15) is 6.54 Å². The topological polar surface area (TPSA) is 53.8 Å². The Balaban J connectivity index is 1.84. The maximum atomic E-state index is 11.5. The lowest BCUT2D eigenvalue weighted by Crippen LogP contribution is -2.14. The fourth-order valence-corrected chi connectivity index (χ4v) is 1.40. The monoisotopic (exact) mass is 239 g/mol. The third-order valence-electron chi connectivity index (χ3n) is 2.21. The molecule has 0 radical (unpaired) electrons. The lowest BCUT2D eigenvalue weighted by atomic mass is 10.3. The summed E-state index contributed by atoms with van der Waals surface area (Å²) >= 11 is 0. The van der Waals surface area contributed by atoms with E-state index in [1.54, 1.807) is 0 Å². The molecule has 0 saturated carbocycles. The van der Waals surface area contributed by atoms with Crippen LogP contribution in [0.2, 0.25) is 0 Å². The second kappa shape index (κ2) is 6.30. The van der Waals surface area contributed by atoms with Crippen LogP contribution >= 0.6 is 0 Å². The number of rotatable bonds is 4. The van der Waals surface area contributed by atoms with Crippen molar-refractivity contribution in [2.24, 2.45) is 10.2 Å². The molecular formula is C14H13N3O. The van der Waals surface area contributed by atoms with Crippen molar-refractivity contribution in [1.29, 1.82) is 0 Å². The molecule has 18 heavy (non-hydrogen) atoms. The molecule has 0 atom stereocenters. The van der Waals surface area contributed by atoms with Gasteiger partial charge in [-0.05, 0) is 24.3 Å². The molecule has 2 rings (SSSR count). The molecule has 0 aliphatic heterocycles. The minimum atomic E-state index is -0.180. The number of amides is 1. The van der Waals surface area contributed by atoms with Gasteiger partial charge in [-0.1, -0.05) is 36.4 Å². The summed E-state index contributed by atoms with van der Waals surface area (Å²) in [6.07, 6.45) is 0. The predicted octanol–water partition coefficient (Wildman–Crippen LogP) is 3.41. The van der Waals surface area contributed by atoms with Gasteiger partial charge >= 0.3 is 0 Å². The van der Waals surface area contributed by atoms with Gasteiger partial charge in [0.25, 0.3) is 0 Å². The van der Waals surface area contributed by atoms with Crippen LogP contribution in [0, 0.1) is 0 Å². The summed E-state index contributed by atoms with van der Waals surface area (Å²) in [6, 6.07) is 18.6. The van der Waals surface area contributed by atoms with Crippen LogP contribution in [0.5, 0.6) is 0 Å². The molecule has 0 spiro atoms. The molecule has 0 unspecified atom stereocenters. The second-order valence-corrected chi connectivity index (χ2v) is 3.65. The molecule has 4 nitrogen and oxygen atoms in total. The van der Waals surface area contributed by atoms with E-state index in [1.165, 1.54) is 0 Å². The zero-order chi connectivity index (χ0) is 12.6. The maximum Gasteiger partial charge on any atom is 0.247 e. The lowest BCUT2D eigenvalue weighted by Gasteiger charge is -2.01. The number of nitrogens with one attached hydrogen (secondary N) is 1. The molecule has 2 aromatic rings. The van der Waals surface area contributed by atoms with Gasteiger partial charge < -0.3 is 5.32 Å². The number of anilines is 1. The number of carbonyl (C=O) groups excluding carboxylic acids is 1. The average Bonchev–Trinajstić information content (AvgIpc) is 2.41. The van der Waals surface area contributed by atoms with Crippen LogP contribution in [0.4, 0.5) is 11.4 Å². The highest BCUT2D eigenvalue weighted by Crippen LogP contribution is 2.10. The minimum absolute atomic E-state index is 0.0176. The Kier molecular flexibility index (Phi) is 4.19. The summed E-state index contributed by atoms with van der Waals surface area (Å²) in [7, 11) is 0. The number of azo groups is 1. The minimum Gasteiger partial charge on any atom is -0.324 e. The largest absolute Gasteiger partial charge is 0.324 e. The van der Waals surface area contributed by atoms with Crippen LogP contribution in [0.15, 0.2) is 70.9 Å². The molecule has 1 N–H and O–H groups in total. The van der Waals surface area contributed by atoms with Crippen LogP contribution in [0.1, 0.15) is 0 Å². The van der Waals surface area contributed by atoms with Gasteiger partial charge in [0, 0.05) is 5.69 Å². The summed E-state index contributed by atoms with van der Waals surface area (Å²) in [5.74, 6) is -0.180. The quantitative estimate of drug-likeness (QED) is 0.817. The fraction of sp³-hybridized carbons (Fsp3) is 0.0714.